The zero-order valence-electron chi connectivity index (χ0n) is 23.2. The van der Waals surface area contributed by atoms with Gasteiger partial charge in [-0.25, -0.2) is 22.5 Å². The molecule has 7 nitrogen and oxygen atoms in total. The second-order valence-electron chi connectivity index (χ2n) is 11.6. The molecule has 4 unspecified atom stereocenters. The number of nitrogens with one attached hydrogen (secondary N) is 1. The molecule has 7 atom stereocenters. The van der Waals surface area contributed by atoms with Crippen LogP contribution in [0.15, 0.2) is 35.6 Å². The van der Waals surface area contributed by atoms with Gasteiger partial charge < -0.3 is 15.8 Å². The van der Waals surface area contributed by atoms with Crippen LogP contribution in [0.4, 0.5) is 23.2 Å². The number of rotatable bonds is 6. The van der Waals surface area contributed by atoms with E-state index in [1.165, 1.54) is 12.1 Å². The van der Waals surface area contributed by atoms with E-state index < -0.39 is 41.6 Å². The Morgan fingerprint density at radius 3 is 2.71 bits per heavy atom. The molecule has 1 saturated carbocycles. The summed E-state index contributed by atoms with van der Waals surface area (Å²) < 4.78 is 62.1. The number of anilines is 1. The molecule has 3 aliphatic rings. The molecule has 222 valence electrons. The van der Waals surface area contributed by atoms with Crippen molar-refractivity contribution in [2.75, 3.05) is 24.3 Å². The van der Waals surface area contributed by atoms with Gasteiger partial charge in [0, 0.05) is 47.4 Å². The van der Waals surface area contributed by atoms with Crippen LogP contribution in [0.1, 0.15) is 61.8 Å². The van der Waals surface area contributed by atoms with Gasteiger partial charge in [-0.3, -0.25) is 14.8 Å². The van der Waals surface area contributed by atoms with E-state index in [1.54, 1.807) is 17.8 Å². The number of ether oxygens (including phenoxy) is 1. The number of fused-ring (bicyclic) bond motifs is 1. The summed E-state index contributed by atoms with van der Waals surface area (Å²) in [4.78, 5) is 25.4. The highest BCUT2D eigenvalue weighted by Gasteiger charge is 2.51. The Morgan fingerprint density at radius 2 is 2.02 bits per heavy atom. The first-order chi connectivity index (χ1) is 19.5. The Kier molecular flexibility index (Phi) is 8.73. The van der Waals surface area contributed by atoms with E-state index in [0.717, 1.165) is 17.4 Å². The van der Waals surface area contributed by atoms with Crippen LogP contribution < -0.4 is 11.1 Å². The molecular formula is C29H35F4N5O2S. The summed E-state index contributed by atoms with van der Waals surface area (Å²) in [7, 11) is 0. The topological polar surface area (TPSA) is 102 Å². The van der Waals surface area contributed by atoms with Crippen molar-refractivity contribution in [3.05, 3.63) is 53.4 Å². The molecule has 3 N–H and O–H groups in total. The van der Waals surface area contributed by atoms with Crippen molar-refractivity contribution in [1.29, 1.82) is 0 Å². The van der Waals surface area contributed by atoms with E-state index in [1.807, 2.05) is 6.92 Å². The SMILES string of the molecule is CC(C)C1C[C@@H](F)C(C)C(N)C1C1=N[C@@]2(c3cc(NC(=O)c4cnc(C(F)F)cn4)ccc3F)COCC[C@H]2CS1. The van der Waals surface area contributed by atoms with Crippen LogP contribution in [0.5, 0.6) is 0 Å². The fourth-order valence-electron chi connectivity index (χ4n) is 6.31. The number of hydrogen-bond acceptors (Lipinski definition) is 7. The Bertz CT molecular complexity index is 1300. The summed E-state index contributed by atoms with van der Waals surface area (Å²) in [6, 6.07) is 3.81. The lowest BCUT2D eigenvalue weighted by atomic mass is 9.66. The van der Waals surface area contributed by atoms with Crippen molar-refractivity contribution >= 4 is 28.4 Å². The van der Waals surface area contributed by atoms with Crippen LogP contribution in [0.2, 0.25) is 0 Å². The molecule has 1 aliphatic carbocycles. The van der Waals surface area contributed by atoms with Gasteiger partial charge in [0.2, 0.25) is 0 Å². The van der Waals surface area contributed by atoms with Crippen molar-refractivity contribution in [1.82, 2.24) is 9.97 Å². The van der Waals surface area contributed by atoms with Crippen LogP contribution in [0.3, 0.4) is 0 Å². The zero-order valence-corrected chi connectivity index (χ0v) is 24.0. The fraction of sp³-hybridized carbons (Fsp3) is 0.586. The highest BCUT2D eigenvalue weighted by atomic mass is 32.2. The molecule has 41 heavy (non-hydrogen) atoms. The number of alkyl halides is 3. The first-order valence-corrected chi connectivity index (χ1v) is 14.9. The van der Waals surface area contributed by atoms with Crippen LogP contribution in [-0.2, 0) is 10.3 Å². The van der Waals surface area contributed by atoms with Gasteiger partial charge in [0.05, 0.1) is 24.0 Å². The summed E-state index contributed by atoms with van der Waals surface area (Å²) in [5, 5.41) is 3.47. The Hall–Kier alpha value is -2.57. The zero-order chi connectivity index (χ0) is 29.5. The van der Waals surface area contributed by atoms with Gasteiger partial charge in [0.15, 0.2) is 0 Å². The fourth-order valence-corrected chi connectivity index (χ4v) is 7.87. The van der Waals surface area contributed by atoms with Crippen LogP contribution in [0.25, 0.3) is 0 Å². The number of halogens is 4. The summed E-state index contributed by atoms with van der Waals surface area (Å²) in [5.74, 6) is -0.813. The number of nitrogens with zero attached hydrogens (tertiary/aromatic N) is 3. The first-order valence-electron chi connectivity index (χ1n) is 13.9. The molecule has 3 heterocycles. The van der Waals surface area contributed by atoms with Crippen LogP contribution >= 0.6 is 11.8 Å². The quantitative estimate of drug-likeness (QED) is 0.412. The number of thioether (sulfide) groups is 1. The molecule has 0 radical (unpaired) electrons. The first kappa shape index (κ1) is 29.9. The second-order valence-corrected chi connectivity index (χ2v) is 12.7. The molecule has 2 aliphatic heterocycles. The number of carbonyl (C=O) groups excluding carboxylic acids is 1. The summed E-state index contributed by atoms with van der Waals surface area (Å²) in [5.41, 5.74) is 5.52. The smallest absolute Gasteiger partial charge is 0.281 e. The van der Waals surface area contributed by atoms with Gasteiger partial charge in [-0.05, 0) is 42.9 Å². The monoisotopic (exact) mass is 593 g/mol. The average Bonchev–Trinajstić information content (AvgIpc) is 2.96. The van der Waals surface area contributed by atoms with Crippen molar-refractivity contribution in [3.63, 3.8) is 0 Å². The maximum absolute atomic E-state index is 15.7. The third-order valence-electron chi connectivity index (χ3n) is 8.86. The Labute approximate surface area is 241 Å². The molecule has 1 saturated heterocycles. The molecule has 1 amide bonds. The number of aromatic nitrogens is 2. The predicted octanol–water partition coefficient (Wildman–Crippen LogP) is 5.78. The van der Waals surface area contributed by atoms with Gasteiger partial charge in [-0.15, -0.1) is 11.8 Å². The molecule has 2 fully saturated rings. The lowest BCUT2D eigenvalue weighted by Crippen LogP contribution is -2.55. The number of carbonyl (C=O) groups is 1. The van der Waals surface area contributed by atoms with Gasteiger partial charge in [-0.2, -0.15) is 0 Å². The highest BCUT2D eigenvalue weighted by molar-refractivity contribution is 8.14. The van der Waals surface area contributed by atoms with E-state index in [9.17, 15) is 18.0 Å². The maximum Gasteiger partial charge on any atom is 0.281 e. The molecule has 12 heteroatoms. The Morgan fingerprint density at radius 1 is 1.24 bits per heavy atom. The number of nitrogens with two attached hydrogens (primary N) is 1. The van der Waals surface area contributed by atoms with E-state index in [-0.39, 0.29) is 41.9 Å². The molecule has 2 aromatic rings. The number of hydrogen-bond donors (Lipinski definition) is 2. The average molecular weight is 594 g/mol. The maximum atomic E-state index is 15.7. The molecule has 0 bridgehead atoms. The third kappa shape index (κ3) is 5.75. The van der Waals surface area contributed by atoms with E-state index in [2.05, 4.69) is 29.1 Å². The lowest BCUT2D eigenvalue weighted by molar-refractivity contribution is 0.00200. The minimum absolute atomic E-state index is 0.00593. The van der Waals surface area contributed by atoms with Gasteiger partial charge >= 0.3 is 0 Å². The number of benzene rings is 1. The second kappa shape index (κ2) is 12.0. The number of aliphatic imine (C=N–C) groups is 1. The summed E-state index contributed by atoms with van der Waals surface area (Å²) >= 11 is 1.63. The summed E-state index contributed by atoms with van der Waals surface area (Å²) in [6.45, 7) is 6.67. The molecule has 1 aromatic carbocycles. The van der Waals surface area contributed by atoms with Crippen LogP contribution in [0, 0.1) is 35.4 Å². The lowest BCUT2D eigenvalue weighted by Gasteiger charge is -2.49. The van der Waals surface area contributed by atoms with Gasteiger partial charge in [0.25, 0.3) is 12.3 Å². The molecule has 5 rings (SSSR count). The standard InChI is InChI=1S/C29H35F4N5O2S/c1-14(2)18-9-21(31)15(3)25(34)24(18)28-38-29(13-40-7-6-16(29)12-41-28)19-8-17(4-5-20(19)30)37-27(39)23-11-35-22(10-36-23)26(32)33/h4-5,8,10-11,14-16,18,21,24-26H,6-7,9,12-13,34H2,1-3H3,(H,37,39)/t15?,16-,18?,21+,24?,25?,29-/m0/s1. The normalized spacial score (nSPS) is 32.0. The summed E-state index contributed by atoms with van der Waals surface area (Å²) in [6.07, 6.45) is -0.886. The Balaban J connectivity index is 1.51. The van der Waals surface area contributed by atoms with E-state index >= 15 is 4.39 Å². The number of amides is 1. The van der Waals surface area contributed by atoms with E-state index in [4.69, 9.17) is 15.5 Å². The third-order valence-corrected chi connectivity index (χ3v) is 10.1. The van der Waals surface area contributed by atoms with Gasteiger partial charge in [-0.1, -0.05) is 20.8 Å². The van der Waals surface area contributed by atoms with Crippen LogP contribution in [-0.4, -0.2) is 52.1 Å². The minimum atomic E-state index is -2.80. The molecule has 1 aromatic heterocycles. The van der Waals surface area contributed by atoms with Crippen molar-refractivity contribution < 1.29 is 27.1 Å². The van der Waals surface area contributed by atoms with Crippen molar-refractivity contribution in [2.45, 2.75) is 57.8 Å². The van der Waals surface area contributed by atoms with Gasteiger partial charge in [0.1, 0.15) is 28.9 Å². The minimum Gasteiger partial charge on any atom is -0.379 e. The predicted molar refractivity (Wildman–Crippen MR) is 150 cm³/mol. The molecule has 0 spiro atoms. The molecular weight excluding hydrogens is 558 g/mol. The van der Waals surface area contributed by atoms with Crippen molar-refractivity contribution in [3.8, 4) is 0 Å². The van der Waals surface area contributed by atoms with E-state index in [0.29, 0.717) is 36.5 Å². The van der Waals surface area contributed by atoms with Crippen molar-refractivity contribution in [2.24, 2.45) is 40.3 Å². The largest absolute Gasteiger partial charge is 0.379 e. The highest BCUT2D eigenvalue weighted by Crippen LogP contribution is 2.50.